The van der Waals surface area contributed by atoms with Gasteiger partial charge in [-0.3, -0.25) is 4.57 Å². The van der Waals surface area contributed by atoms with Gasteiger partial charge in [-0.1, -0.05) is 0 Å². The van der Waals surface area contributed by atoms with Crippen molar-refractivity contribution in [1.29, 1.82) is 0 Å². The van der Waals surface area contributed by atoms with Crippen LogP contribution < -0.4 is 5.32 Å². The van der Waals surface area contributed by atoms with Crippen LogP contribution in [0.4, 0.5) is 5.69 Å². The SMILES string of the molecule is C=P(C)(C)CC[C@H]1OC(n2cnc3c(NC)ccnc32)[C@H](O)[C@@H]1O. The summed E-state index contributed by atoms with van der Waals surface area (Å²) in [6.45, 7) is 3.09. The van der Waals surface area contributed by atoms with Crippen molar-refractivity contribution in [2.24, 2.45) is 0 Å². The van der Waals surface area contributed by atoms with Gasteiger partial charge >= 0.3 is 0 Å². The van der Waals surface area contributed by atoms with Gasteiger partial charge in [0.1, 0.15) is 17.7 Å². The number of hydrogen-bond acceptors (Lipinski definition) is 6. The molecule has 4 atom stereocenters. The highest BCUT2D eigenvalue weighted by Crippen LogP contribution is 2.40. The van der Waals surface area contributed by atoms with E-state index in [4.69, 9.17) is 4.74 Å². The Labute approximate surface area is 141 Å². The smallest absolute Gasteiger partial charge is 0.165 e. The van der Waals surface area contributed by atoms with E-state index >= 15 is 0 Å². The zero-order chi connectivity index (χ0) is 17.5. The number of rotatable bonds is 5. The minimum absolute atomic E-state index is 0.407. The molecule has 7 nitrogen and oxygen atoms in total. The van der Waals surface area contributed by atoms with Crippen LogP contribution in [0, 0.1) is 0 Å². The van der Waals surface area contributed by atoms with Gasteiger partial charge in [0.2, 0.25) is 0 Å². The van der Waals surface area contributed by atoms with Gasteiger partial charge in [-0.05, 0) is 32.0 Å². The standard InChI is InChI=1S/C16H25N4O3P/c1-17-10-5-7-18-15-12(10)19-9-20(15)16-14(22)13(21)11(23-16)6-8-24(2,3)4/h5,7,9,11,13-14,16,21-22H,2,6,8H2,1,3-4H3,(H,17,18)/t11-,13-,14-,16?/m1/s1. The first-order valence-corrected chi connectivity index (χ1v) is 11.1. The number of aliphatic hydroxyl groups is 2. The van der Waals surface area contributed by atoms with Crippen LogP contribution in [-0.2, 0) is 4.74 Å². The van der Waals surface area contributed by atoms with Crippen molar-refractivity contribution in [1.82, 2.24) is 14.5 Å². The molecule has 0 aliphatic carbocycles. The lowest BCUT2D eigenvalue weighted by Crippen LogP contribution is -2.31. The maximum Gasteiger partial charge on any atom is 0.165 e. The molecule has 3 N–H and O–H groups in total. The van der Waals surface area contributed by atoms with Gasteiger partial charge in [0.15, 0.2) is 11.9 Å². The predicted molar refractivity (Wildman–Crippen MR) is 98.4 cm³/mol. The fourth-order valence-electron chi connectivity index (χ4n) is 3.00. The molecule has 8 heteroatoms. The first-order valence-electron chi connectivity index (χ1n) is 8.00. The Morgan fingerprint density at radius 2 is 2.08 bits per heavy atom. The molecule has 1 saturated heterocycles. The zero-order valence-electron chi connectivity index (χ0n) is 14.3. The van der Waals surface area contributed by atoms with Crippen LogP contribution >= 0.6 is 6.89 Å². The highest BCUT2D eigenvalue weighted by atomic mass is 31.2. The van der Waals surface area contributed by atoms with E-state index in [2.05, 4.69) is 34.9 Å². The van der Waals surface area contributed by atoms with E-state index in [1.165, 1.54) is 0 Å². The molecule has 132 valence electrons. The van der Waals surface area contributed by atoms with E-state index in [-0.39, 0.29) is 0 Å². The van der Waals surface area contributed by atoms with Crippen molar-refractivity contribution >= 4 is 30.0 Å². The minimum atomic E-state index is -1.21. The van der Waals surface area contributed by atoms with Crippen molar-refractivity contribution in [3.8, 4) is 0 Å². The summed E-state index contributed by atoms with van der Waals surface area (Å²) in [5.41, 5.74) is 2.18. The second kappa shape index (κ2) is 6.48. The number of hydrogen-bond donors (Lipinski definition) is 3. The maximum absolute atomic E-state index is 10.4. The number of anilines is 1. The molecule has 0 spiro atoms. The highest BCUT2D eigenvalue weighted by Gasteiger charge is 2.44. The number of nitrogens with one attached hydrogen (secondary N) is 1. The van der Waals surface area contributed by atoms with Crippen LogP contribution in [0.25, 0.3) is 11.2 Å². The van der Waals surface area contributed by atoms with E-state index < -0.39 is 31.4 Å². The number of fused-ring (bicyclic) bond motifs is 1. The van der Waals surface area contributed by atoms with Crippen LogP contribution in [0.5, 0.6) is 0 Å². The molecule has 24 heavy (non-hydrogen) atoms. The summed E-state index contributed by atoms with van der Waals surface area (Å²) in [4.78, 5) is 8.71. The molecular weight excluding hydrogens is 327 g/mol. The lowest BCUT2D eigenvalue weighted by Gasteiger charge is -2.18. The first kappa shape index (κ1) is 17.4. The van der Waals surface area contributed by atoms with Crippen molar-refractivity contribution in [2.75, 3.05) is 31.9 Å². The molecule has 0 aromatic carbocycles. The Bertz CT molecular complexity index is 772. The van der Waals surface area contributed by atoms with Gasteiger partial charge in [0, 0.05) is 13.2 Å². The second-order valence-electron chi connectivity index (χ2n) is 6.93. The number of nitrogens with zero attached hydrogens (tertiary/aromatic N) is 3. The number of imidazole rings is 1. The number of pyridine rings is 1. The maximum atomic E-state index is 10.4. The Balaban J connectivity index is 1.86. The van der Waals surface area contributed by atoms with E-state index in [0.717, 1.165) is 11.8 Å². The molecule has 0 bridgehead atoms. The molecule has 2 aromatic rings. The van der Waals surface area contributed by atoms with Gasteiger partial charge in [-0.2, -0.15) is 0 Å². The largest absolute Gasteiger partial charge is 0.388 e. The number of ether oxygens (including phenoxy) is 1. The molecule has 0 saturated carbocycles. The van der Waals surface area contributed by atoms with Crippen molar-refractivity contribution < 1.29 is 14.9 Å². The van der Waals surface area contributed by atoms with Gasteiger partial charge < -0.3 is 20.3 Å². The Kier molecular flexibility index (Phi) is 4.71. The summed E-state index contributed by atoms with van der Waals surface area (Å²) in [6.07, 6.45) is 6.00. The monoisotopic (exact) mass is 352 g/mol. The average Bonchev–Trinajstić information content (AvgIpc) is 3.07. The van der Waals surface area contributed by atoms with Gasteiger partial charge in [-0.15, -0.1) is 13.2 Å². The molecule has 1 fully saturated rings. The van der Waals surface area contributed by atoms with E-state index in [9.17, 15) is 10.2 Å². The summed E-state index contributed by atoms with van der Waals surface area (Å²) in [6, 6.07) is 1.84. The second-order valence-corrected chi connectivity index (χ2v) is 11.2. The van der Waals surface area contributed by atoms with Gasteiger partial charge in [0.25, 0.3) is 0 Å². The fourth-order valence-corrected chi connectivity index (χ4v) is 3.95. The summed E-state index contributed by atoms with van der Waals surface area (Å²) in [5, 5.41) is 23.9. The molecular formula is C16H25N4O3P. The molecule has 3 rings (SSSR count). The van der Waals surface area contributed by atoms with E-state index in [0.29, 0.717) is 17.6 Å². The quantitative estimate of drug-likeness (QED) is 0.700. The lowest BCUT2D eigenvalue weighted by atomic mass is 10.1. The first-order chi connectivity index (χ1) is 11.3. The molecule has 1 aliphatic heterocycles. The van der Waals surface area contributed by atoms with Crippen molar-refractivity contribution in [2.45, 2.75) is 31.0 Å². The Hall–Kier alpha value is -1.40. The minimum Gasteiger partial charge on any atom is -0.388 e. The average molecular weight is 352 g/mol. The van der Waals surface area contributed by atoms with Gasteiger partial charge in [-0.25, -0.2) is 9.97 Å². The predicted octanol–water partition coefficient (Wildman–Crippen LogP) is 1.19. The van der Waals surface area contributed by atoms with Crippen LogP contribution in [0.3, 0.4) is 0 Å². The highest BCUT2D eigenvalue weighted by molar-refractivity contribution is 7.72. The third-order valence-corrected chi connectivity index (χ3v) is 5.83. The Morgan fingerprint density at radius 3 is 2.75 bits per heavy atom. The van der Waals surface area contributed by atoms with Crippen LogP contribution in [0.1, 0.15) is 12.6 Å². The number of aromatic nitrogens is 3. The normalized spacial score (nSPS) is 27.7. The van der Waals surface area contributed by atoms with Gasteiger partial charge in [0.05, 0.1) is 18.1 Å². The third kappa shape index (κ3) is 3.22. The lowest BCUT2D eigenvalue weighted by molar-refractivity contribution is -0.0353. The Morgan fingerprint density at radius 1 is 1.33 bits per heavy atom. The fraction of sp³-hybridized carbons (Fsp3) is 0.562. The zero-order valence-corrected chi connectivity index (χ0v) is 15.1. The van der Waals surface area contributed by atoms with Crippen LogP contribution in [0.15, 0.2) is 18.6 Å². The third-order valence-electron chi connectivity index (χ3n) is 4.36. The molecule has 1 aliphatic rings. The molecule has 0 radical (unpaired) electrons. The van der Waals surface area contributed by atoms with Crippen molar-refractivity contribution in [3.05, 3.63) is 18.6 Å². The molecule has 1 unspecified atom stereocenters. The number of aliphatic hydroxyl groups excluding tert-OH is 2. The van der Waals surface area contributed by atoms with Crippen LogP contribution in [0.2, 0.25) is 0 Å². The molecule has 3 heterocycles. The molecule has 0 amide bonds. The summed E-state index contributed by atoms with van der Waals surface area (Å²) < 4.78 is 7.65. The summed E-state index contributed by atoms with van der Waals surface area (Å²) in [5.74, 6) is 0. The topological polar surface area (TPSA) is 92.4 Å². The van der Waals surface area contributed by atoms with E-state index in [1.807, 2.05) is 13.1 Å². The van der Waals surface area contributed by atoms with Crippen molar-refractivity contribution in [3.63, 3.8) is 0 Å². The molecule has 2 aromatic heterocycles. The summed E-state index contributed by atoms with van der Waals surface area (Å²) in [7, 11) is 1.82. The summed E-state index contributed by atoms with van der Waals surface area (Å²) >= 11 is 0. The van der Waals surface area contributed by atoms with E-state index in [1.54, 1.807) is 17.1 Å². The van der Waals surface area contributed by atoms with Crippen LogP contribution in [-0.4, -0.2) is 75.9 Å².